The maximum atomic E-state index is 10.1. The Hall–Kier alpha value is -0.680. The Morgan fingerprint density at radius 3 is 2.63 bits per heavy atom. The van der Waals surface area contributed by atoms with Crippen molar-refractivity contribution in [2.75, 3.05) is 20.1 Å². The Kier molecular flexibility index (Phi) is 7.98. The van der Waals surface area contributed by atoms with Gasteiger partial charge in [-0.2, -0.15) is 0 Å². The first-order valence-corrected chi connectivity index (χ1v) is 7.98. The van der Waals surface area contributed by atoms with Crippen molar-refractivity contribution in [2.24, 2.45) is 0 Å². The maximum Gasteiger partial charge on any atom is 0.106 e. The van der Waals surface area contributed by atoms with E-state index in [1.807, 2.05) is 50.4 Å². The predicted molar refractivity (Wildman–Crippen MR) is 85.3 cm³/mol. The molecule has 0 aliphatic heterocycles. The van der Waals surface area contributed by atoms with Gasteiger partial charge in [-0.05, 0) is 22.3 Å². The number of rotatable bonds is 8. The van der Waals surface area contributed by atoms with Crippen LogP contribution in [0.2, 0.25) is 0 Å². The highest BCUT2D eigenvalue weighted by Gasteiger charge is 2.10. The van der Waals surface area contributed by atoms with Crippen LogP contribution in [0.1, 0.15) is 12.5 Å². The second kappa shape index (κ2) is 9.26. The number of benzene rings is 1. The lowest BCUT2D eigenvalue weighted by molar-refractivity contribution is 0.201. The van der Waals surface area contributed by atoms with E-state index in [0.29, 0.717) is 11.8 Å². The smallest absolute Gasteiger partial charge is 0.106 e. The maximum absolute atomic E-state index is 10.1. The van der Waals surface area contributed by atoms with Gasteiger partial charge in [0, 0.05) is 31.1 Å². The normalized spacial score (nSPS) is 15.1. The summed E-state index contributed by atoms with van der Waals surface area (Å²) in [7, 11) is 8.76. The third-order valence-electron chi connectivity index (χ3n) is 2.69. The lowest BCUT2D eigenvalue weighted by atomic mass is 10.1. The van der Waals surface area contributed by atoms with E-state index in [-0.39, 0.29) is 0 Å². The van der Waals surface area contributed by atoms with Crippen molar-refractivity contribution < 1.29 is 5.11 Å². The van der Waals surface area contributed by atoms with Gasteiger partial charge < -0.3 is 15.7 Å². The molecule has 0 aliphatic carbocycles. The lowest BCUT2D eigenvalue weighted by Crippen LogP contribution is -2.34. The zero-order valence-corrected chi connectivity index (χ0v) is 12.8. The van der Waals surface area contributed by atoms with Crippen molar-refractivity contribution in [2.45, 2.75) is 18.3 Å². The molecular weight excluding hydrogens is 280 g/mol. The summed E-state index contributed by atoms with van der Waals surface area (Å²) in [5.41, 5.74) is 1.86. The highest BCUT2D eigenvalue weighted by molar-refractivity contribution is 8.21. The molecule has 2 atom stereocenters. The van der Waals surface area contributed by atoms with E-state index >= 15 is 0 Å². The molecule has 0 aromatic heterocycles. The monoisotopic (exact) mass is 300 g/mol. The third-order valence-corrected chi connectivity index (χ3v) is 4.07. The predicted octanol–water partition coefficient (Wildman–Crippen LogP) is 2.47. The zero-order valence-electron chi connectivity index (χ0n) is 11.3. The van der Waals surface area contributed by atoms with E-state index in [9.17, 15) is 5.11 Å². The van der Waals surface area contributed by atoms with Crippen molar-refractivity contribution in [3.63, 3.8) is 0 Å². The number of hydrogen-bond acceptors (Lipinski definition) is 4. The Morgan fingerprint density at radius 1 is 1.37 bits per heavy atom. The SMILES string of the molecule is CN/C(=C/c1ccccc1)C(O)CNCC(C)SCl. The Bertz CT molecular complexity index is 386. The molecule has 3 N–H and O–H groups in total. The quantitative estimate of drug-likeness (QED) is 0.690. The first-order valence-electron chi connectivity index (χ1n) is 6.28. The van der Waals surface area contributed by atoms with Gasteiger partial charge in [-0.3, -0.25) is 0 Å². The molecule has 106 valence electrons. The van der Waals surface area contributed by atoms with Gasteiger partial charge in [-0.1, -0.05) is 48.2 Å². The van der Waals surface area contributed by atoms with E-state index in [0.717, 1.165) is 17.8 Å². The van der Waals surface area contributed by atoms with Crippen LogP contribution in [0.25, 0.3) is 6.08 Å². The summed E-state index contributed by atoms with van der Waals surface area (Å²) in [5.74, 6) is 0. The number of nitrogens with one attached hydrogen (secondary N) is 2. The van der Waals surface area contributed by atoms with Crippen LogP contribution in [-0.4, -0.2) is 36.6 Å². The van der Waals surface area contributed by atoms with Crippen LogP contribution in [-0.2, 0) is 0 Å². The number of aliphatic hydroxyl groups is 1. The second-order valence-electron chi connectivity index (χ2n) is 4.33. The Morgan fingerprint density at radius 2 is 2.05 bits per heavy atom. The first-order chi connectivity index (χ1) is 9.17. The van der Waals surface area contributed by atoms with Crippen LogP contribution < -0.4 is 10.6 Å². The van der Waals surface area contributed by atoms with Crippen molar-refractivity contribution in [3.8, 4) is 0 Å². The molecule has 0 amide bonds. The van der Waals surface area contributed by atoms with E-state index < -0.39 is 6.10 Å². The summed E-state index contributed by atoms with van der Waals surface area (Å²) in [6.45, 7) is 3.31. The molecule has 0 saturated carbocycles. The second-order valence-corrected chi connectivity index (χ2v) is 5.85. The Labute approximate surface area is 123 Å². The van der Waals surface area contributed by atoms with Gasteiger partial charge in [0.05, 0.1) is 0 Å². The molecule has 0 aliphatic rings. The van der Waals surface area contributed by atoms with Gasteiger partial charge >= 0.3 is 0 Å². The largest absolute Gasteiger partial charge is 0.389 e. The van der Waals surface area contributed by atoms with Crippen molar-refractivity contribution in [1.29, 1.82) is 0 Å². The molecule has 0 heterocycles. The molecule has 2 unspecified atom stereocenters. The van der Waals surface area contributed by atoms with E-state index in [1.165, 1.54) is 11.0 Å². The average Bonchev–Trinajstić information content (AvgIpc) is 2.45. The van der Waals surface area contributed by atoms with Gasteiger partial charge in [0.15, 0.2) is 0 Å². The van der Waals surface area contributed by atoms with Crippen molar-refractivity contribution in [3.05, 3.63) is 41.6 Å². The summed E-state index contributed by atoms with van der Waals surface area (Å²) in [4.78, 5) is 0. The topological polar surface area (TPSA) is 44.3 Å². The minimum absolute atomic E-state index is 0.324. The summed E-state index contributed by atoms with van der Waals surface area (Å²) in [6.07, 6.45) is 1.39. The molecule has 3 nitrogen and oxygen atoms in total. The number of aliphatic hydroxyl groups excluding tert-OH is 1. The summed E-state index contributed by atoms with van der Waals surface area (Å²) >= 11 is 0. The van der Waals surface area contributed by atoms with Gasteiger partial charge in [-0.15, -0.1) is 0 Å². The van der Waals surface area contributed by atoms with Crippen LogP contribution in [0.15, 0.2) is 36.0 Å². The molecule has 19 heavy (non-hydrogen) atoms. The average molecular weight is 301 g/mol. The van der Waals surface area contributed by atoms with Gasteiger partial charge in [0.2, 0.25) is 0 Å². The van der Waals surface area contributed by atoms with Crippen LogP contribution in [0, 0.1) is 0 Å². The number of halogens is 1. The van der Waals surface area contributed by atoms with Crippen molar-refractivity contribution >= 4 is 27.7 Å². The standard InChI is InChI=1S/C14H21ClN2OS/c1-11(19-15)9-17-10-14(18)13(16-2)8-12-6-4-3-5-7-12/h3-8,11,14,16-18H,9-10H2,1-2H3/b13-8+. The van der Waals surface area contributed by atoms with Crippen LogP contribution in [0.4, 0.5) is 0 Å². The zero-order chi connectivity index (χ0) is 14.1. The molecule has 0 spiro atoms. The van der Waals surface area contributed by atoms with E-state index in [4.69, 9.17) is 10.7 Å². The van der Waals surface area contributed by atoms with Crippen LogP contribution >= 0.6 is 21.7 Å². The van der Waals surface area contributed by atoms with Crippen LogP contribution in [0.3, 0.4) is 0 Å². The van der Waals surface area contributed by atoms with E-state index in [2.05, 4.69) is 10.6 Å². The number of likely N-dealkylation sites (N-methyl/N-ethyl adjacent to an activating group) is 1. The Balaban J connectivity index is 2.52. The van der Waals surface area contributed by atoms with Gasteiger partial charge in [0.25, 0.3) is 0 Å². The van der Waals surface area contributed by atoms with E-state index in [1.54, 1.807) is 0 Å². The summed E-state index contributed by atoms with van der Waals surface area (Å²) in [5, 5.41) is 16.7. The highest BCUT2D eigenvalue weighted by Crippen LogP contribution is 2.13. The molecular formula is C14H21ClN2OS. The fourth-order valence-electron chi connectivity index (χ4n) is 1.63. The van der Waals surface area contributed by atoms with Gasteiger partial charge in [-0.25, -0.2) is 0 Å². The molecule has 5 heteroatoms. The third kappa shape index (κ3) is 6.34. The van der Waals surface area contributed by atoms with Gasteiger partial charge in [0.1, 0.15) is 6.10 Å². The molecule has 1 aromatic rings. The molecule has 0 fully saturated rings. The molecule has 1 aromatic carbocycles. The summed E-state index contributed by atoms with van der Waals surface area (Å²) in [6, 6.07) is 9.93. The minimum atomic E-state index is -0.558. The fourth-order valence-corrected chi connectivity index (χ4v) is 2.00. The number of hydrogen-bond donors (Lipinski definition) is 3. The van der Waals surface area contributed by atoms with Crippen molar-refractivity contribution in [1.82, 2.24) is 10.6 Å². The fraction of sp³-hybridized carbons (Fsp3) is 0.429. The molecule has 1 rings (SSSR count). The molecule has 0 radical (unpaired) electrons. The molecule has 0 saturated heterocycles. The first kappa shape index (κ1) is 16.4. The highest BCUT2D eigenvalue weighted by atomic mass is 35.7. The molecule has 0 bridgehead atoms. The summed E-state index contributed by atoms with van der Waals surface area (Å²) < 4.78 is 0. The van der Waals surface area contributed by atoms with Crippen LogP contribution in [0.5, 0.6) is 0 Å². The lowest BCUT2D eigenvalue weighted by Gasteiger charge is -2.17. The minimum Gasteiger partial charge on any atom is -0.389 e.